The molecule has 1 heterocycles. The molecule has 1 aliphatic heterocycles. The number of nitrogens with zero attached hydrogens (tertiary/aromatic N) is 1. The summed E-state index contributed by atoms with van der Waals surface area (Å²) in [7, 11) is 0. The van der Waals surface area contributed by atoms with Gasteiger partial charge < -0.3 is 10.2 Å². The van der Waals surface area contributed by atoms with Gasteiger partial charge in [-0.15, -0.1) is 0 Å². The van der Waals surface area contributed by atoms with Gasteiger partial charge in [0, 0.05) is 31.1 Å². The van der Waals surface area contributed by atoms with Gasteiger partial charge in [-0.1, -0.05) is 25.1 Å². The highest BCUT2D eigenvalue weighted by atomic mass is 16.2. The molecule has 1 aliphatic carbocycles. The molecule has 2 aliphatic rings. The second-order valence-corrected chi connectivity index (χ2v) is 6.49. The van der Waals surface area contributed by atoms with Crippen LogP contribution in [0.25, 0.3) is 0 Å². The minimum Gasteiger partial charge on any atom is -0.355 e. The Kier molecular flexibility index (Phi) is 4.46. The molecule has 1 aromatic rings. The zero-order valence-electron chi connectivity index (χ0n) is 13.2. The molecule has 2 unspecified atom stereocenters. The van der Waals surface area contributed by atoms with E-state index in [0.717, 1.165) is 37.9 Å². The maximum Gasteiger partial charge on any atom is 0.228 e. The minimum atomic E-state index is 0.108. The van der Waals surface area contributed by atoms with Gasteiger partial charge in [-0.05, 0) is 43.2 Å². The Labute approximate surface area is 131 Å². The van der Waals surface area contributed by atoms with Crippen molar-refractivity contribution in [3.05, 3.63) is 29.8 Å². The molecule has 118 valence electrons. The zero-order valence-corrected chi connectivity index (χ0v) is 13.2. The Morgan fingerprint density at radius 3 is 2.82 bits per heavy atom. The zero-order chi connectivity index (χ0) is 15.5. The van der Waals surface area contributed by atoms with Crippen molar-refractivity contribution in [2.45, 2.75) is 39.0 Å². The van der Waals surface area contributed by atoms with E-state index in [-0.39, 0.29) is 17.7 Å². The number of hydrogen-bond donors (Lipinski definition) is 1. The fourth-order valence-corrected chi connectivity index (χ4v) is 3.20. The van der Waals surface area contributed by atoms with E-state index in [2.05, 4.69) is 18.3 Å². The molecule has 0 aromatic heterocycles. The third kappa shape index (κ3) is 3.32. The van der Waals surface area contributed by atoms with Crippen molar-refractivity contribution in [1.82, 2.24) is 5.32 Å². The van der Waals surface area contributed by atoms with E-state index in [4.69, 9.17) is 0 Å². The largest absolute Gasteiger partial charge is 0.355 e. The monoisotopic (exact) mass is 300 g/mol. The Bertz CT molecular complexity index is 570. The molecule has 22 heavy (non-hydrogen) atoms. The van der Waals surface area contributed by atoms with E-state index >= 15 is 0 Å². The Morgan fingerprint density at radius 2 is 2.05 bits per heavy atom. The van der Waals surface area contributed by atoms with Crippen molar-refractivity contribution in [3.63, 3.8) is 0 Å². The molecule has 4 heteroatoms. The molecule has 2 atom stereocenters. The average molecular weight is 300 g/mol. The number of hydrogen-bond acceptors (Lipinski definition) is 2. The number of amides is 2. The number of benzene rings is 1. The van der Waals surface area contributed by atoms with Crippen LogP contribution in [0.1, 0.15) is 38.2 Å². The highest BCUT2D eigenvalue weighted by molar-refractivity contribution is 5.94. The van der Waals surface area contributed by atoms with E-state index in [1.54, 1.807) is 0 Å². The van der Waals surface area contributed by atoms with Crippen LogP contribution < -0.4 is 10.2 Å². The number of carbonyl (C=O) groups excluding carboxylic acids is 2. The highest BCUT2D eigenvalue weighted by Crippen LogP contribution is 2.37. The lowest BCUT2D eigenvalue weighted by Gasteiger charge is -2.23. The van der Waals surface area contributed by atoms with Crippen LogP contribution in [0.5, 0.6) is 0 Å². The van der Waals surface area contributed by atoms with E-state index in [1.165, 1.54) is 5.56 Å². The molecule has 1 fully saturated rings. The van der Waals surface area contributed by atoms with Gasteiger partial charge in [-0.3, -0.25) is 9.59 Å². The second kappa shape index (κ2) is 6.51. The summed E-state index contributed by atoms with van der Waals surface area (Å²) in [5.74, 6) is 0.900. The highest BCUT2D eigenvalue weighted by Gasteiger charge is 2.38. The van der Waals surface area contributed by atoms with E-state index in [0.29, 0.717) is 18.9 Å². The first-order valence-corrected chi connectivity index (χ1v) is 8.33. The molecule has 0 bridgehead atoms. The summed E-state index contributed by atoms with van der Waals surface area (Å²) in [5, 5.41) is 2.90. The predicted molar refractivity (Wildman–Crippen MR) is 86.6 cm³/mol. The topological polar surface area (TPSA) is 49.4 Å². The van der Waals surface area contributed by atoms with Gasteiger partial charge in [-0.25, -0.2) is 0 Å². The number of para-hydroxylation sites is 1. The van der Waals surface area contributed by atoms with Crippen molar-refractivity contribution in [2.75, 3.05) is 18.0 Å². The summed E-state index contributed by atoms with van der Waals surface area (Å²) >= 11 is 0. The number of aryl methyl sites for hydroxylation is 1. The molecular formula is C18H24N2O2. The molecule has 4 nitrogen and oxygen atoms in total. The second-order valence-electron chi connectivity index (χ2n) is 6.49. The van der Waals surface area contributed by atoms with E-state index in [9.17, 15) is 9.59 Å². The quantitative estimate of drug-likeness (QED) is 0.929. The van der Waals surface area contributed by atoms with Crippen LogP contribution in [-0.4, -0.2) is 24.9 Å². The lowest BCUT2D eigenvalue weighted by Crippen LogP contribution is -2.35. The van der Waals surface area contributed by atoms with Crippen LogP contribution in [0.15, 0.2) is 24.3 Å². The Morgan fingerprint density at radius 1 is 1.27 bits per heavy atom. The van der Waals surface area contributed by atoms with Gasteiger partial charge in [0.1, 0.15) is 0 Å². The van der Waals surface area contributed by atoms with Crippen LogP contribution in [-0.2, 0) is 16.0 Å². The van der Waals surface area contributed by atoms with Crippen molar-refractivity contribution in [3.8, 4) is 0 Å². The lowest BCUT2D eigenvalue weighted by molar-refractivity contribution is -0.122. The number of rotatable bonds is 4. The molecule has 1 saturated carbocycles. The van der Waals surface area contributed by atoms with Gasteiger partial charge in [0.05, 0.1) is 0 Å². The maximum absolute atomic E-state index is 12.5. The lowest BCUT2D eigenvalue weighted by atomic mass is 10.1. The van der Waals surface area contributed by atoms with Crippen LogP contribution >= 0.6 is 0 Å². The van der Waals surface area contributed by atoms with Crippen molar-refractivity contribution in [2.24, 2.45) is 11.8 Å². The molecular weight excluding hydrogens is 276 g/mol. The number of nitrogens with one attached hydrogen (secondary N) is 1. The van der Waals surface area contributed by atoms with Gasteiger partial charge in [0.15, 0.2) is 0 Å². The molecule has 0 saturated heterocycles. The molecule has 2 amide bonds. The smallest absolute Gasteiger partial charge is 0.228 e. The molecule has 1 N–H and O–H groups in total. The Balaban J connectivity index is 1.56. The fourth-order valence-electron chi connectivity index (χ4n) is 3.20. The van der Waals surface area contributed by atoms with Crippen LogP contribution in [0.4, 0.5) is 5.69 Å². The van der Waals surface area contributed by atoms with Crippen molar-refractivity contribution < 1.29 is 9.59 Å². The number of carbonyl (C=O) groups is 2. The summed E-state index contributed by atoms with van der Waals surface area (Å²) in [6.45, 7) is 3.31. The summed E-state index contributed by atoms with van der Waals surface area (Å²) in [6.07, 6.45) is 4.56. The predicted octanol–water partition coefficient (Wildman–Crippen LogP) is 2.52. The maximum atomic E-state index is 12.5. The third-order valence-electron chi connectivity index (χ3n) is 4.75. The van der Waals surface area contributed by atoms with E-state index < -0.39 is 0 Å². The normalized spacial score (nSPS) is 23.4. The first kappa shape index (κ1) is 15.1. The summed E-state index contributed by atoms with van der Waals surface area (Å²) in [6, 6.07) is 8.16. The van der Waals surface area contributed by atoms with Crippen LogP contribution in [0.3, 0.4) is 0 Å². The van der Waals surface area contributed by atoms with Crippen molar-refractivity contribution in [1.29, 1.82) is 0 Å². The van der Waals surface area contributed by atoms with Gasteiger partial charge in [0.25, 0.3) is 0 Å². The summed E-state index contributed by atoms with van der Waals surface area (Å²) in [4.78, 5) is 26.2. The van der Waals surface area contributed by atoms with Crippen LogP contribution in [0, 0.1) is 11.8 Å². The number of fused-ring (bicyclic) bond motifs is 1. The SMILES string of the molecule is CC1CC1C(=O)NCCC(=O)N1CCCCc2ccccc21. The van der Waals surface area contributed by atoms with Gasteiger partial charge in [-0.2, -0.15) is 0 Å². The van der Waals surface area contributed by atoms with E-state index in [1.807, 2.05) is 23.1 Å². The summed E-state index contributed by atoms with van der Waals surface area (Å²) in [5.41, 5.74) is 2.30. The summed E-state index contributed by atoms with van der Waals surface area (Å²) < 4.78 is 0. The standard InChI is InChI=1S/C18H24N2O2/c1-13-12-15(13)18(22)19-10-9-17(21)20-11-5-4-7-14-6-2-3-8-16(14)20/h2-3,6,8,13,15H,4-5,7,9-12H2,1H3,(H,19,22). The molecule has 3 rings (SSSR count). The first-order valence-electron chi connectivity index (χ1n) is 8.33. The Hall–Kier alpha value is -1.84. The third-order valence-corrected chi connectivity index (χ3v) is 4.75. The molecule has 0 spiro atoms. The average Bonchev–Trinajstić information content (AvgIpc) is 3.28. The molecule has 1 aromatic carbocycles. The number of anilines is 1. The van der Waals surface area contributed by atoms with Crippen LogP contribution in [0.2, 0.25) is 0 Å². The van der Waals surface area contributed by atoms with Crippen molar-refractivity contribution >= 4 is 17.5 Å². The van der Waals surface area contributed by atoms with Gasteiger partial charge >= 0.3 is 0 Å². The minimum absolute atomic E-state index is 0.108. The molecule has 0 radical (unpaired) electrons. The van der Waals surface area contributed by atoms with Gasteiger partial charge in [0.2, 0.25) is 11.8 Å². The first-order chi connectivity index (χ1) is 10.7. The fraction of sp³-hybridized carbons (Fsp3) is 0.556.